The number of amidine groups is 1. The van der Waals surface area contributed by atoms with E-state index >= 15 is 0 Å². The lowest BCUT2D eigenvalue weighted by atomic mass is 10.2. The van der Waals surface area contributed by atoms with Gasteiger partial charge in [0.1, 0.15) is 11.5 Å². The van der Waals surface area contributed by atoms with Crippen LogP contribution < -0.4 is 10.6 Å². The van der Waals surface area contributed by atoms with Gasteiger partial charge in [-0.25, -0.2) is 9.97 Å². The number of rotatable bonds is 2. The number of nitrogens with zero attached hydrogens (tertiary/aromatic N) is 3. The summed E-state index contributed by atoms with van der Waals surface area (Å²) < 4.78 is 5.38. The van der Waals surface area contributed by atoms with Crippen LogP contribution in [0.1, 0.15) is 18.3 Å². The highest BCUT2D eigenvalue weighted by atomic mass is 16.5. The van der Waals surface area contributed by atoms with E-state index in [-0.39, 0.29) is 11.9 Å². The first kappa shape index (κ1) is 11.8. The van der Waals surface area contributed by atoms with Crippen LogP contribution in [0.15, 0.2) is 6.07 Å². The molecular formula is C11H17N5O. The van der Waals surface area contributed by atoms with Gasteiger partial charge in [-0.15, -0.1) is 0 Å². The first-order valence-electron chi connectivity index (χ1n) is 5.62. The lowest BCUT2D eigenvalue weighted by Gasteiger charge is -2.33. The van der Waals surface area contributed by atoms with Crippen molar-refractivity contribution in [2.45, 2.75) is 19.9 Å². The number of nitrogens with one attached hydrogen (secondary N) is 1. The summed E-state index contributed by atoms with van der Waals surface area (Å²) in [4.78, 5) is 10.8. The molecule has 0 aliphatic carbocycles. The van der Waals surface area contributed by atoms with E-state index in [1.54, 1.807) is 6.07 Å². The molecular weight excluding hydrogens is 218 g/mol. The quantitative estimate of drug-likeness (QED) is 0.568. The summed E-state index contributed by atoms with van der Waals surface area (Å²) in [6.45, 7) is 6.06. The molecule has 0 radical (unpaired) electrons. The van der Waals surface area contributed by atoms with Gasteiger partial charge in [-0.1, -0.05) is 0 Å². The largest absolute Gasteiger partial charge is 0.382 e. The minimum absolute atomic E-state index is 0.0299. The van der Waals surface area contributed by atoms with E-state index < -0.39 is 0 Å². The lowest BCUT2D eigenvalue weighted by molar-refractivity contribution is 0.0980. The van der Waals surface area contributed by atoms with E-state index in [1.165, 1.54) is 0 Å². The number of hydrogen-bond acceptors (Lipinski definition) is 5. The van der Waals surface area contributed by atoms with Crippen LogP contribution in [0.25, 0.3) is 0 Å². The van der Waals surface area contributed by atoms with Crippen molar-refractivity contribution >= 4 is 11.8 Å². The topological polar surface area (TPSA) is 88.1 Å². The van der Waals surface area contributed by atoms with E-state index in [9.17, 15) is 0 Å². The Labute approximate surface area is 100 Å². The Morgan fingerprint density at radius 1 is 1.59 bits per heavy atom. The molecule has 6 nitrogen and oxygen atoms in total. The maximum Gasteiger partial charge on any atom is 0.226 e. The Balaban J connectivity index is 2.33. The third-order valence-corrected chi connectivity index (χ3v) is 2.74. The zero-order valence-electron chi connectivity index (χ0n) is 10.1. The zero-order chi connectivity index (χ0) is 12.4. The minimum atomic E-state index is -0.0299. The summed E-state index contributed by atoms with van der Waals surface area (Å²) in [6.07, 6.45) is 0. The molecule has 1 saturated heterocycles. The SMILES string of the molecule is Cc1cc(C(=N)N)nc(N2CCOCC2C)n1. The highest BCUT2D eigenvalue weighted by Crippen LogP contribution is 2.16. The molecule has 1 unspecified atom stereocenters. The molecule has 6 heteroatoms. The molecule has 1 aliphatic rings. The second-order valence-electron chi connectivity index (χ2n) is 4.23. The predicted molar refractivity (Wildman–Crippen MR) is 65.4 cm³/mol. The molecule has 1 aromatic rings. The van der Waals surface area contributed by atoms with Crippen LogP contribution in [0, 0.1) is 12.3 Å². The molecule has 0 spiro atoms. The predicted octanol–water partition coefficient (Wildman–Crippen LogP) is 0.294. The van der Waals surface area contributed by atoms with Crippen LogP contribution in [-0.2, 0) is 4.74 Å². The van der Waals surface area contributed by atoms with Gasteiger partial charge < -0.3 is 15.4 Å². The summed E-state index contributed by atoms with van der Waals surface area (Å²) in [5, 5.41) is 7.44. The molecule has 17 heavy (non-hydrogen) atoms. The first-order chi connectivity index (χ1) is 8.08. The average Bonchev–Trinajstić information content (AvgIpc) is 2.28. The molecule has 2 rings (SSSR count). The smallest absolute Gasteiger partial charge is 0.226 e. The highest BCUT2D eigenvalue weighted by Gasteiger charge is 2.22. The third-order valence-electron chi connectivity index (χ3n) is 2.74. The maximum absolute atomic E-state index is 7.44. The lowest BCUT2D eigenvalue weighted by Crippen LogP contribution is -2.44. The Kier molecular flexibility index (Phi) is 3.23. The molecule has 0 saturated carbocycles. The Morgan fingerprint density at radius 2 is 2.35 bits per heavy atom. The summed E-state index contributed by atoms with van der Waals surface area (Å²) in [7, 11) is 0. The minimum Gasteiger partial charge on any atom is -0.382 e. The molecule has 0 bridgehead atoms. The van der Waals surface area contributed by atoms with Crippen LogP contribution in [0.4, 0.5) is 5.95 Å². The average molecular weight is 235 g/mol. The van der Waals surface area contributed by atoms with Crippen LogP contribution in [0.2, 0.25) is 0 Å². The molecule has 0 amide bonds. The van der Waals surface area contributed by atoms with Crippen molar-refractivity contribution in [3.05, 3.63) is 17.5 Å². The number of morpholine rings is 1. The molecule has 2 heterocycles. The summed E-state index contributed by atoms with van der Waals surface area (Å²) >= 11 is 0. The molecule has 1 atom stereocenters. The number of nitrogens with two attached hydrogens (primary N) is 1. The summed E-state index contributed by atoms with van der Waals surface area (Å²) in [5.74, 6) is 0.601. The fraction of sp³-hybridized carbons (Fsp3) is 0.545. The van der Waals surface area contributed by atoms with Crippen molar-refractivity contribution in [2.75, 3.05) is 24.7 Å². The van der Waals surface area contributed by atoms with E-state index in [1.807, 2.05) is 6.92 Å². The number of nitrogen functional groups attached to an aromatic ring is 1. The Bertz CT molecular complexity index is 434. The van der Waals surface area contributed by atoms with Gasteiger partial charge in [0.15, 0.2) is 0 Å². The van der Waals surface area contributed by atoms with Gasteiger partial charge in [0.2, 0.25) is 5.95 Å². The van der Waals surface area contributed by atoms with Gasteiger partial charge in [-0.05, 0) is 19.9 Å². The van der Waals surface area contributed by atoms with E-state index in [0.717, 1.165) is 12.2 Å². The van der Waals surface area contributed by atoms with Crippen molar-refractivity contribution < 1.29 is 4.74 Å². The van der Waals surface area contributed by atoms with Crippen LogP contribution >= 0.6 is 0 Å². The monoisotopic (exact) mass is 235 g/mol. The van der Waals surface area contributed by atoms with Gasteiger partial charge >= 0.3 is 0 Å². The van der Waals surface area contributed by atoms with Gasteiger partial charge in [0, 0.05) is 12.2 Å². The number of anilines is 1. The van der Waals surface area contributed by atoms with Crippen molar-refractivity contribution in [3.63, 3.8) is 0 Å². The van der Waals surface area contributed by atoms with Crippen LogP contribution in [0.3, 0.4) is 0 Å². The van der Waals surface area contributed by atoms with Gasteiger partial charge in [-0.2, -0.15) is 0 Å². The van der Waals surface area contributed by atoms with Crippen LogP contribution in [-0.4, -0.2) is 41.6 Å². The molecule has 1 aliphatic heterocycles. The Morgan fingerprint density at radius 3 is 3.00 bits per heavy atom. The van der Waals surface area contributed by atoms with Crippen molar-refractivity contribution in [1.29, 1.82) is 5.41 Å². The highest BCUT2D eigenvalue weighted by molar-refractivity contribution is 5.93. The fourth-order valence-electron chi connectivity index (χ4n) is 1.84. The van der Waals surface area contributed by atoms with Crippen molar-refractivity contribution in [2.24, 2.45) is 5.73 Å². The number of hydrogen-bond donors (Lipinski definition) is 2. The third kappa shape index (κ3) is 2.52. The molecule has 1 fully saturated rings. The summed E-state index contributed by atoms with van der Waals surface area (Å²) in [5.41, 5.74) is 6.76. The van der Waals surface area contributed by atoms with E-state index in [0.29, 0.717) is 24.9 Å². The molecule has 0 aromatic carbocycles. The van der Waals surface area contributed by atoms with Crippen LogP contribution in [0.5, 0.6) is 0 Å². The molecule has 3 N–H and O–H groups in total. The van der Waals surface area contributed by atoms with Crippen molar-refractivity contribution in [1.82, 2.24) is 9.97 Å². The van der Waals surface area contributed by atoms with Gasteiger partial charge in [0.05, 0.1) is 19.3 Å². The number of aromatic nitrogens is 2. The summed E-state index contributed by atoms with van der Waals surface area (Å²) in [6, 6.07) is 1.96. The molecule has 1 aromatic heterocycles. The molecule has 92 valence electrons. The zero-order valence-corrected chi connectivity index (χ0v) is 10.1. The fourth-order valence-corrected chi connectivity index (χ4v) is 1.84. The normalized spacial score (nSPS) is 20.4. The van der Waals surface area contributed by atoms with E-state index in [4.69, 9.17) is 15.9 Å². The number of aryl methyl sites for hydroxylation is 1. The number of ether oxygens (including phenoxy) is 1. The van der Waals surface area contributed by atoms with Crippen molar-refractivity contribution in [3.8, 4) is 0 Å². The second-order valence-corrected chi connectivity index (χ2v) is 4.23. The standard InChI is InChI=1S/C11H17N5O/c1-7-5-9(10(12)13)15-11(14-7)16-3-4-17-6-8(16)2/h5,8H,3-4,6H2,1-2H3,(H3,12,13). The first-order valence-corrected chi connectivity index (χ1v) is 5.62. The Hall–Kier alpha value is -1.69. The van der Waals surface area contributed by atoms with Gasteiger partial charge in [0.25, 0.3) is 0 Å². The van der Waals surface area contributed by atoms with E-state index in [2.05, 4.69) is 21.8 Å². The second kappa shape index (κ2) is 4.67. The maximum atomic E-state index is 7.44. The van der Waals surface area contributed by atoms with Gasteiger partial charge in [-0.3, -0.25) is 5.41 Å².